The van der Waals surface area contributed by atoms with E-state index in [0.717, 1.165) is 16.3 Å². The number of aryl methyl sites for hydroxylation is 2. The number of aromatic nitrogens is 3. The third-order valence-corrected chi connectivity index (χ3v) is 3.73. The van der Waals surface area contributed by atoms with E-state index in [1.54, 1.807) is 16.0 Å². The summed E-state index contributed by atoms with van der Waals surface area (Å²) >= 11 is 1.68. The second-order valence-electron chi connectivity index (χ2n) is 4.32. The lowest BCUT2D eigenvalue weighted by Crippen LogP contribution is -2.00. The summed E-state index contributed by atoms with van der Waals surface area (Å²) in [6.45, 7) is 2.79. The highest BCUT2D eigenvalue weighted by Crippen LogP contribution is 2.26. The molecule has 4 nitrogen and oxygen atoms in total. The molecule has 0 aliphatic heterocycles. The van der Waals surface area contributed by atoms with Crippen LogP contribution < -0.4 is 5.32 Å². The molecule has 0 radical (unpaired) electrons. The molecular weight excluding hydrogens is 244 g/mol. The first-order valence-electron chi connectivity index (χ1n) is 5.80. The van der Waals surface area contributed by atoms with E-state index in [1.165, 1.54) is 10.3 Å². The topological polar surface area (TPSA) is 42.7 Å². The molecule has 0 saturated heterocycles. The number of anilines is 1. The maximum absolute atomic E-state index is 4.57. The maximum Gasteiger partial charge on any atom is 0.184 e. The fraction of sp³-hybridized carbons (Fsp3) is 0.231. The fourth-order valence-corrected chi connectivity index (χ4v) is 2.68. The Labute approximate surface area is 109 Å². The molecule has 0 unspecified atom stereocenters. The average molecular weight is 258 g/mol. The Morgan fingerprint density at radius 1 is 1.33 bits per heavy atom. The zero-order valence-electron chi connectivity index (χ0n) is 10.3. The van der Waals surface area contributed by atoms with Gasteiger partial charge < -0.3 is 5.32 Å². The molecule has 0 fully saturated rings. The summed E-state index contributed by atoms with van der Waals surface area (Å²) in [7, 11) is 1.92. The summed E-state index contributed by atoms with van der Waals surface area (Å²) in [5.74, 6) is 0. The van der Waals surface area contributed by atoms with E-state index in [1.807, 2.05) is 19.3 Å². The van der Waals surface area contributed by atoms with E-state index < -0.39 is 0 Å². The number of hydrogen-bond acceptors (Lipinski definition) is 4. The molecule has 2 heterocycles. The predicted octanol–water partition coefficient (Wildman–Crippen LogP) is 2.95. The molecule has 5 heteroatoms. The van der Waals surface area contributed by atoms with Gasteiger partial charge in [0.25, 0.3) is 0 Å². The molecule has 0 atom stereocenters. The van der Waals surface area contributed by atoms with Gasteiger partial charge in [-0.1, -0.05) is 17.4 Å². The number of fused-ring (bicyclic) bond motifs is 1. The molecule has 1 aromatic carbocycles. The maximum atomic E-state index is 4.57. The van der Waals surface area contributed by atoms with Crippen molar-refractivity contribution >= 4 is 26.7 Å². The van der Waals surface area contributed by atoms with Crippen molar-refractivity contribution in [1.82, 2.24) is 14.8 Å². The van der Waals surface area contributed by atoms with E-state index in [4.69, 9.17) is 0 Å². The molecule has 3 rings (SSSR count). The van der Waals surface area contributed by atoms with Crippen LogP contribution in [0.5, 0.6) is 0 Å². The van der Waals surface area contributed by atoms with Gasteiger partial charge in [0.1, 0.15) is 0 Å². The van der Waals surface area contributed by atoms with Crippen molar-refractivity contribution in [3.05, 3.63) is 41.7 Å². The van der Waals surface area contributed by atoms with Gasteiger partial charge in [-0.05, 0) is 30.7 Å². The number of rotatable bonds is 3. The van der Waals surface area contributed by atoms with Crippen molar-refractivity contribution in [2.24, 2.45) is 7.05 Å². The van der Waals surface area contributed by atoms with Crippen LogP contribution in [0.4, 0.5) is 5.13 Å². The van der Waals surface area contributed by atoms with Gasteiger partial charge in [0, 0.05) is 13.2 Å². The van der Waals surface area contributed by atoms with Crippen LogP contribution in [0.25, 0.3) is 10.2 Å². The Balaban J connectivity index is 1.78. The van der Waals surface area contributed by atoms with E-state index in [-0.39, 0.29) is 0 Å². The molecule has 3 aromatic rings. The van der Waals surface area contributed by atoms with E-state index in [2.05, 4.69) is 40.5 Å². The molecule has 0 amide bonds. The summed E-state index contributed by atoms with van der Waals surface area (Å²) < 4.78 is 3.02. The number of benzene rings is 1. The third kappa shape index (κ3) is 2.22. The van der Waals surface area contributed by atoms with Crippen LogP contribution in [-0.2, 0) is 13.6 Å². The zero-order valence-corrected chi connectivity index (χ0v) is 11.2. The Bertz CT molecular complexity index is 683. The van der Waals surface area contributed by atoms with Crippen LogP contribution in [0.2, 0.25) is 0 Å². The smallest absolute Gasteiger partial charge is 0.184 e. The molecular formula is C13H14N4S. The van der Waals surface area contributed by atoms with Crippen molar-refractivity contribution < 1.29 is 0 Å². The van der Waals surface area contributed by atoms with Crippen LogP contribution in [-0.4, -0.2) is 14.8 Å². The summed E-state index contributed by atoms with van der Waals surface area (Å²) in [6.07, 6.45) is 1.94. The molecule has 0 saturated carbocycles. The lowest BCUT2D eigenvalue weighted by Gasteiger charge is -1.97. The second kappa shape index (κ2) is 4.42. The summed E-state index contributed by atoms with van der Waals surface area (Å²) in [5, 5.41) is 8.59. The summed E-state index contributed by atoms with van der Waals surface area (Å²) in [4.78, 5) is 4.57. The molecule has 2 aromatic heterocycles. The van der Waals surface area contributed by atoms with Crippen molar-refractivity contribution in [2.45, 2.75) is 13.5 Å². The van der Waals surface area contributed by atoms with E-state index >= 15 is 0 Å². The van der Waals surface area contributed by atoms with Gasteiger partial charge in [-0.3, -0.25) is 4.68 Å². The minimum atomic E-state index is 0.708. The Morgan fingerprint density at radius 3 is 3.00 bits per heavy atom. The molecule has 0 aliphatic rings. The molecule has 0 bridgehead atoms. The first kappa shape index (κ1) is 11.2. The van der Waals surface area contributed by atoms with E-state index in [0.29, 0.717) is 6.54 Å². The van der Waals surface area contributed by atoms with Gasteiger partial charge in [0.05, 0.1) is 22.5 Å². The predicted molar refractivity (Wildman–Crippen MR) is 74.9 cm³/mol. The fourth-order valence-electron chi connectivity index (χ4n) is 1.84. The van der Waals surface area contributed by atoms with E-state index in [9.17, 15) is 0 Å². The number of hydrogen-bond donors (Lipinski definition) is 1. The largest absolute Gasteiger partial charge is 0.356 e. The van der Waals surface area contributed by atoms with Gasteiger partial charge in [-0.2, -0.15) is 5.10 Å². The first-order valence-corrected chi connectivity index (χ1v) is 6.62. The van der Waals surface area contributed by atoms with Gasteiger partial charge in [0.2, 0.25) is 0 Å². The van der Waals surface area contributed by atoms with Crippen LogP contribution in [0, 0.1) is 6.92 Å². The summed E-state index contributed by atoms with van der Waals surface area (Å²) in [6, 6.07) is 8.35. The standard InChI is InChI=1S/C13H14N4S/c1-9-3-4-12-11(7-9)15-13(18-12)14-8-10-5-6-17(2)16-10/h3-7H,8H2,1-2H3,(H,14,15). The average Bonchev–Trinajstić information content (AvgIpc) is 2.92. The lowest BCUT2D eigenvalue weighted by atomic mass is 10.2. The normalized spacial score (nSPS) is 11.0. The van der Waals surface area contributed by atoms with Crippen LogP contribution >= 0.6 is 11.3 Å². The Kier molecular flexibility index (Phi) is 2.76. The van der Waals surface area contributed by atoms with Crippen LogP contribution in [0.3, 0.4) is 0 Å². The lowest BCUT2D eigenvalue weighted by molar-refractivity contribution is 0.747. The minimum absolute atomic E-state index is 0.708. The van der Waals surface area contributed by atoms with Gasteiger partial charge in [0.15, 0.2) is 5.13 Å². The quantitative estimate of drug-likeness (QED) is 0.785. The van der Waals surface area contributed by atoms with Crippen molar-refractivity contribution in [3.8, 4) is 0 Å². The van der Waals surface area contributed by atoms with Gasteiger partial charge in [-0.15, -0.1) is 0 Å². The van der Waals surface area contributed by atoms with Crippen molar-refractivity contribution in [3.63, 3.8) is 0 Å². The molecule has 92 valence electrons. The first-order chi connectivity index (χ1) is 8.70. The Morgan fingerprint density at radius 2 is 2.22 bits per heavy atom. The SMILES string of the molecule is Cc1ccc2sc(NCc3ccn(C)n3)nc2c1. The molecule has 1 N–H and O–H groups in total. The number of nitrogens with zero attached hydrogens (tertiary/aromatic N) is 3. The highest BCUT2D eigenvalue weighted by atomic mass is 32.1. The monoisotopic (exact) mass is 258 g/mol. The van der Waals surface area contributed by atoms with Crippen molar-refractivity contribution in [1.29, 1.82) is 0 Å². The third-order valence-electron chi connectivity index (χ3n) is 2.73. The van der Waals surface area contributed by atoms with Gasteiger partial charge >= 0.3 is 0 Å². The Hall–Kier alpha value is -1.88. The van der Waals surface area contributed by atoms with Gasteiger partial charge in [-0.25, -0.2) is 4.98 Å². The number of nitrogens with one attached hydrogen (secondary N) is 1. The van der Waals surface area contributed by atoms with Crippen LogP contribution in [0.1, 0.15) is 11.3 Å². The summed E-state index contributed by atoms with van der Waals surface area (Å²) in [5.41, 5.74) is 3.32. The second-order valence-corrected chi connectivity index (χ2v) is 5.36. The van der Waals surface area contributed by atoms with Crippen molar-refractivity contribution in [2.75, 3.05) is 5.32 Å². The minimum Gasteiger partial charge on any atom is -0.356 e. The van der Waals surface area contributed by atoms with Crippen LogP contribution in [0.15, 0.2) is 30.5 Å². The zero-order chi connectivity index (χ0) is 12.5. The highest BCUT2D eigenvalue weighted by molar-refractivity contribution is 7.22. The molecule has 0 spiro atoms. The number of thiazole rings is 1. The highest BCUT2D eigenvalue weighted by Gasteiger charge is 2.04. The molecule has 18 heavy (non-hydrogen) atoms. The molecule has 0 aliphatic carbocycles.